The lowest BCUT2D eigenvalue weighted by Gasteiger charge is -2.29. The molecular weight excluding hydrogens is 459 g/mol. The molecule has 4 aromatic rings. The van der Waals surface area contributed by atoms with Crippen LogP contribution in [0.15, 0.2) is 53.6 Å². The van der Waals surface area contributed by atoms with Gasteiger partial charge < -0.3 is 19.9 Å². The number of hydrogen-bond donors (Lipinski definition) is 2. The average Bonchev–Trinajstić information content (AvgIpc) is 3.30. The summed E-state index contributed by atoms with van der Waals surface area (Å²) in [6, 6.07) is 11.6. The third-order valence-electron chi connectivity index (χ3n) is 6.41. The lowest BCUT2D eigenvalue weighted by molar-refractivity contribution is 0.0695. The Labute approximate surface area is 199 Å². The van der Waals surface area contributed by atoms with Crippen LogP contribution in [-0.4, -0.2) is 39.8 Å². The van der Waals surface area contributed by atoms with Gasteiger partial charge in [-0.3, -0.25) is 9.78 Å². The highest BCUT2D eigenvalue weighted by Crippen LogP contribution is 2.39. The Morgan fingerprint density at radius 1 is 1.32 bits per heavy atom. The van der Waals surface area contributed by atoms with Crippen LogP contribution in [0.5, 0.6) is 0 Å². The molecule has 1 unspecified atom stereocenters. The summed E-state index contributed by atoms with van der Waals surface area (Å²) < 4.78 is 17.0. The third-order valence-corrected chi connectivity index (χ3v) is 6.77. The monoisotopic (exact) mass is 480 g/mol. The summed E-state index contributed by atoms with van der Waals surface area (Å²) in [6.45, 7) is 1.32. The van der Waals surface area contributed by atoms with Crippen molar-refractivity contribution in [1.29, 1.82) is 0 Å². The molecule has 2 aromatic heterocycles. The minimum atomic E-state index is -1.34. The standard InChI is InChI=1S/C25H22ClFN4O3/c1-30-13-17(25(33)34)24(32)20-16-10-18(21(26)22(27)23(16)29-12-19(20)30)31-9-5-8-15(31)11-28-14-6-3-2-4-7-14/h2-4,6-7,10,12-13,15,28H,5,8-9,11H2,1H3,(H,33,34). The van der Waals surface area contributed by atoms with Crippen LogP contribution in [0.1, 0.15) is 23.2 Å². The lowest BCUT2D eigenvalue weighted by Crippen LogP contribution is -2.35. The van der Waals surface area contributed by atoms with Gasteiger partial charge in [-0.05, 0) is 31.0 Å². The van der Waals surface area contributed by atoms with E-state index in [1.54, 1.807) is 13.1 Å². The Morgan fingerprint density at radius 2 is 2.09 bits per heavy atom. The highest BCUT2D eigenvalue weighted by molar-refractivity contribution is 6.34. The Hall–Kier alpha value is -3.65. The molecule has 1 aliphatic rings. The Bertz CT molecular complexity index is 1490. The van der Waals surface area contributed by atoms with E-state index >= 15 is 4.39 Å². The van der Waals surface area contributed by atoms with E-state index in [-0.39, 0.29) is 32.9 Å². The number of aryl methyl sites for hydroxylation is 1. The van der Waals surface area contributed by atoms with Gasteiger partial charge in [-0.25, -0.2) is 9.18 Å². The summed E-state index contributed by atoms with van der Waals surface area (Å²) in [4.78, 5) is 31.0. The molecule has 0 radical (unpaired) electrons. The maximum Gasteiger partial charge on any atom is 0.341 e. The molecule has 1 saturated heterocycles. The van der Waals surface area contributed by atoms with Gasteiger partial charge in [0.25, 0.3) is 0 Å². The van der Waals surface area contributed by atoms with E-state index in [9.17, 15) is 14.7 Å². The molecule has 3 heterocycles. The van der Waals surface area contributed by atoms with E-state index < -0.39 is 17.2 Å². The summed E-state index contributed by atoms with van der Waals surface area (Å²) in [5.41, 5.74) is 0.763. The number of hydrogen-bond acceptors (Lipinski definition) is 5. The molecule has 34 heavy (non-hydrogen) atoms. The fourth-order valence-electron chi connectivity index (χ4n) is 4.73. The van der Waals surface area contributed by atoms with Gasteiger partial charge in [0, 0.05) is 43.4 Å². The topological polar surface area (TPSA) is 87.5 Å². The molecule has 0 bridgehead atoms. The SMILES string of the molecule is Cn1cc(C(=O)O)c(=O)c2c3cc(N4CCCC4CNc4ccccc4)c(Cl)c(F)c3ncc21. The van der Waals surface area contributed by atoms with Crippen LogP contribution in [0.25, 0.3) is 21.8 Å². The first kappa shape index (κ1) is 22.2. The first-order valence-electron chi connectivity index (χ1n) is 11.0. The Kier molecular flexibility index (Phi) is 5.61. The summed E-state index contributed by atoms with van der Waals surface area (Å²) in [7, 11) is 1.63. The number of anilines is 2. The normalized spacial score (nSPS) is 15.9. The first-order chi connectivity index (χ1) is 16.4. The van der Waals surface area contributed by atoms with E-state index in [2.05, 4.69) is 10.3 Å². The van der Waals surface area contributed by atoms with E-state index in [4.69, 9.17) is 11.6 Å². The second-order valence-corrected chi connectivity index (χ2v) is 8.84. The van der Waals surface area contributed by atoms with Crippen LogP contribution in [0.2, 0.25) is 5.02 Å². The number of aromatic carboxylic acids is 1. The zero-order valence-corrected chi connectivity index (χ0v) is 19.1. The van der Waals surface area contributed by atoms with E-state index in [0.717, 1.165) is 18.5 Å². The zero-order valence-electron chi connectivity index (χ0n) is 18.4. The van der Waals surface area contributed by atoms with Gasteiger partial charge in [-0.1, -0.05) is 29.8 Å². The maximum absolute atomic E-state index is 15.4. The van der Waals surface area contributed by atoms with Crippen molar-refractivity contribution < 1.29 is 14.3 Å². The van der Waals surface area contributed by atoms with Crippen molar-refractivity contribution in [2.75, 3.05) is 23.3 Å². The minimum Gasteiger partial charge on any atom is -0.477 e. The second kappa shape index (κ2) is 8.61. The molecule has 7 nitrogen and oxygen atoms in total. The number of carbonyl (C=O) groups is 1. The van der Waals surface area contributed by atoms with E-state index in [1.807, 2.05) is 35.2 Å². The third kappa shape index (κ3) is 3.64. The molecule has 0 amide bonds. The largest absolute Gasteiger partial charge is 0.477 e. The van der Waals surface area contributed by atoms with Crippen molar-refractivity contribution in [3.05, 3.63) is 75.4 Å². The Morgan fingerprint density at radius 3 is 2.82 bits per heavy atom. The van der Waals surface area contributed by atoms with E-state index in [1.165, 1.54) is 17.0 Å². The number of aromatic nitrogens is 2. The molecule has 0 spiro atoms. The van der Waals surface area contributed by atoms with Crippen molar-refractivity contribution in [3.63, 3.8) is 0 Å². The van der Waals surface area contributed by atoms with Gasteiger partial charge in [0.1, 0.15) is 16.1 Å². The van der Waals surface area contributed by atoms with Gasteiger partial charge in [-0.15, -0.1) is 0 Å². The molecule has 2 N–H and O–H groups in total. The number of carboxylic acids is 1. The summed E-state index contributed by atoms with van der Waals surface area (Å²) in [6.07, 6.45) is 4.43. The predicted octanol–water partition coefficient (Wildman–Crippen LogP) is 4.66. The number of halogens is 2. The van der Waals surface area contributed by atoms with Crippen molar-refractivity contribution in [3.8, 4) is 0 Å². The molecule has 0 saturated carbocycles. The number of benzene rings is 2. The summed E-state index contributed by atoms with van der Waals surface area (Å²) in [5.74, 6) is -2.06. The van der Waals surface area contributed by atoms with Crippen molar-refractivity contribution >= 4 is 50.8 Å². The fourth-order valence-corrected chi connectivity index (χ4v) is 4.98. The number of nitrogens with one attached hydrogen (secondary N) is 1. The molecule has 1 aliphatic heterocycles. The van der Waals surface area contributed by atoms with Gasteiger partial charge >= 0.3 is 5.97 Å². The molecule has 2 aromatic carbocycles. The van der Waals surface area contributed by atoms with Crippen LogP contribution < -0.4 is 15.6 Å². The van der Waals surface area contributed by atoms with Crippen molar-refractivity contribution in [1.82, 2.24) is 9.55 Å². The van der Waals surface area contributed by atoms with Gasteiger partial charge in [-0.2, -0.15) is 0 Å². The molecule has 1 atom stereocenters. The number of carboxylic acid groups (broad SMARTS) is 1. The smallest absolute Gasteiger partial charge is 0.341 e. The molecular formula is C25H22ClFN4O3. The number of rotatable bonds is 5. The number of nitrogens with zero attached hydrogens (tertiary/aromatic N) is 3. The van der Waals surface area contributed by atoms with Crippen LogP contribution in [-0.2, 0) is 7.05 Å². The van der Waals surface area contributed by atoms with Crippen LogP contribution in [0.4, 0.5) is 15.8 Å². The number of pyridine rings is 2. The molecule has 1 fully saturated rings. The highest BCUT2D eigenvalue weighted by Gasteiger charge is 2.29. The Balaban J connectivity index is 1.65. The van der Waals surface area contributed by atoms with Gasteiger partial charge in [0.05, 0.1) is 22.8 Å². The average molecular weight is 481 g/mol. The van der Waals surface area contributed by atoms with Crippen molar-refractivity contribution in [2.24, 2.45) is 7.05 Å². The van der Waals surface area contributed by atoms with Crippen LogP contribution >= 0.6 is 11.6 Å². The van der Waals surface area contributed by atoms with E-state index in [0.29, 0.717) is 24.3 Å². The fraction of sp³-hybridized carbons (Fsp3) is 0.240. The van der Waals surface area contributed by atoms with Gasteiger partial charge in [0.2, 0.25) is 5.43 Å². The number of fused-ring (bicyclic) bond motifs is 3. The second-order valence-electron chi connectivity index (χ2n) is 8.46. The molecule has 5 rings (SSSR count). The molecule has 9 heteroatoms. The maximum atomic E-state index is 15.4. The highest BCUT2D eigenvalue weighted by atomic mass is 35.5. The van der Waals surface area contributed by atoms with Crippen LogP contribution in [0, 0.1) is 5.82 Å². The lowest BCUT2D eigenvalue weighted by atomic mass is 10.0. The van der Waals surface area contributed by atoms with Crippen LogP contribution in [0.3, 0.4) is 0 Å². The zero-order chi connectivity index (χ0) is 24.0. The minimum absolute atomic E-state index is 0.0564. The number of para-hydroxylation sites is 1. The van der Waals surface area contributed by atoms with Gasteiger partial charge in [0.15, 0.2) is 5.82 Å². The first-order valence-corrected chi connectivity index (χ1v) is 11.3. The van der Waals surface area contributed by atoms with Crippen molar-refractivity contribution in [2.45, 2.75) is 18.9 Å². The predicted molar refractivity (Wildman–Crippen MR) is 132 cm³/mol. The summed E-state index contributed by atoms with van der Waals surface area (Å²) >= 11 is 6.48. The quantitative estimate of drug-likeness (QED) is 0.404. The summed E-state index contributed by atoms with van der Waals surface area (Å²) in [5, 5.41) is 13.2. The molecule has 174 valence electrons. The molecule has 0 aliphatic carbocycles.